The van der Waals surface area contributed by atoms with Crippen molar-refractivity contribution in [1.82, 2.24) is 0 Å². The molecule has 1 aliphatic rings. The van der Waals surface area contributed by atoms with Gasteiger partial charge >= 0.3 is 0 Å². The van der Waals surface area contributed by atoms with E-state index >= 15 is 0 Å². The smallest absolute Gasteiger partial charge is 0.242 e. The zero-order valence-corrected chi connectivity index (χ0v) is 14.3. The second kappa shape index (κ2) is 5.02. The highest BCUT2D eigenvalue weighted by atomic mass is 28.4. The predicted molar refractivity (Wildman–Crippen MR) is 78.9 cm³/mol. The molecule has 0 bridgehead atoms. The van der Waals surface area contributed by atoms with Gasteiger partial charge in [-0.3, -0.25) is 0 Å². The maximum Gasteiger partial charge on any atom is 0.242 e. The van der Waals surface area contributed by atoms with Crippen LogP contribution in [-0.2, 0) is 8.85 Å². The molecule has 0 aliphatic heterocycles. The molecule has 0 aromatic rings. The zero-order chi connectivity index (χ0) is 13.3. The summed E-state index contributed by atoms with van der Waals surface area (Å²) in [4.78, 5) is 0. The molecule has 0 aromatic heterocycles. The second-order valence-electron chi connectivity index (χ2n) is 6.47. The van der Waals surface area contributed by atoms with Crippen LogP contribution in [0.4, 0.5) is 0 Å². The maximum absolute atomic E-state index is 6.21. The van der Waals surface area contributed by atoms with Gasteiger partial charge in [-0.05, 0) is 51.3 Å². The molecule has 0 amide bonds. The van der Waals surface area contributed by atoms with Gasteiger partial charge in [-0.25, -0.2) is 0 Å². The van der Waals surface area contributed by atoms with Crippen LogP contribution >= 0.6 is 0 Å². The summed E-state index contributed by atoms with van der Waals surface area (Å²) < 4.78 is 12.4. The highest BCUT2D eigenvalue weighted by molar-refractivity contribution is 6.70. The summed E-state index contributed by atoms with van der Waals surface area (Å²) in [6.45, 7) is 15.5. The molecule has 0 N–H and O–H groups in total. The van der Waals surface area contributed by atoms with Gasteiger partial charge in [0.15, 0.2) is 0 Å². The van der Waals surface area contributed by atoms with Crippen LogP contribution in [0.1, 0.15) is 19.8 Å². The lowest BCUT2D eigenvalue weighted by atomic mass is 10.2. The van der Waals surface area contributed by atoms with Crippen molar-refractivity contribution < 1.29 is 8.85 Å². The van der Waals surface area contributed by atoms with Gasteiger partial charge in [0.2, 0.25) is 16.6 Å². The van der Waals surface area contributed by atoms with Crippen molar-refractivity contribution in [3.05, 3.63) is 23.2 Å². The van der Waals surface area contributed by atoms with Crippen LogP contribution in [0.15, 0.2) is 23.2 Å². The third kappa shape index (κ3) is 4.71. The fourth-order valence-corrected chi connectivity index (χ4v) is 3.54. The van der Waals surface area contributed by atoms with Crippen molar-refractivity contribution >= 4 is 16.6 Å². The molecular weight excluding hydrogens is 244 g/mol. The Labute approximate surface area is 108 Å². The van der Waals surface area contributed by atoms with Gasteiger partial charge < -0.3 is 8.85 Å². The molecule has 1 aliphatic carbocycles. The van der Waals surface area contributed by atoms with Gasteiger partial charge in [0, 0.05) is 6.42 Å². The summed E-state index contributed by atoms with van der Waals surface area (Å²) in [5.74, 6) is 2.12. The number of hydrogen-bond donors (Lipinski definition) is 0. The van der Waals surface area contributed by atoms with Crippen LogP contribution < -0.4 is 0 Å². The molecule has 2 nitrogen and oxygen atoms in total. The summed E-state index contributed by atoms with van der Waals surface area (Å²) in [5.41, 5.74) is 1.32. The fourth-order valence-electron chi connectivity index (χ4n) is 1.77. The fraction of sp³-hybridized carbons (Fsp3) is 0.692. The first-order valence-electron chi connectivity index (χ1n) is 6.43. The monoisotopic (exact) mass is 270 g/mol. The van der Waals surface area contributed by atoms with Crippen molar-refractivity contribution in [3.63, 3.8) is 0 Å². The Hall–Kier alpha value is -0.486. The van der Waals surface area contributed by atoms with E-state index in [-0.39, 0.29) is 0 Å². The number of allylic oxidation sites excluding steroid dienone is 2. The van der Waals surface area contributed by atoms with Crippen LogP contribution in [0.25, 0.3) is 0 Å². The lowest BCUT2D eigenvalue weighted by molar-refractivity contribution is 0.348. The molecule has 0 spiro atoms. The van der Waals surface area contributed by atoms with E-state index in [1.54, 1.807) is 0 Å². The molecule has 4 heteroatoms. The van der Waals surface area contributed by atoms with Crippen molar-refractivity contribution in [2.24, 2.45) is 0 Å². The number of rotatable bonds is 5. The Bertz CT molecular complexity index is 343. The summed E-state index contributed by atoms with van der Waals surface area (Å²) in [6, 6.07) is 0. The zero-order valence-electron chi connectivity index (χ0n) is 12.3. The van der Waals surface area contributed by atoms with E-state index in [4.69, 9.17) is 8.85 Å². The Morgan fingerprint density at radius 3 is 1.94 bits per heavy atom. The topological polar surface area (TPSA) is 18.5 Å². The van der Waals surface area contributed by atoms with E-state index in [1.807, 2.05) is 0 Å². The van der Waals surface area contributed by atoms with Crippen molar-refractivity contribution in [2.75, 3.05) is 0 Å². The van der Waals surface area contributed by atoms with E-state index in [2.05, 4.69) is 52.3 Å². The van der Waals surface area contributed by atoms with Crippen LogP contribution in [0.5, 0.6) is 0 Å². The van der Waals surface area contributed by atoms with E-state index in [0.29, 0.717) is 0 Å². The van der Waals surface area contributed by atoms with Crippen molar-refractivity contribution in [3.8, 4) is 0 Å². The highest BCUT2D eigenvalue weighted by Gasteiger charge is 2.28. The first kappa shape index (κ1) is 14.6. The Morgan fingerprint density at radius 1 is 1.00 bits per heavy atom. The summed E-state index contributed by atoms with van der Waals surface area (Å²) in [5, 5.41) is 0. The van der Waals surface area contributed by atoms with E-state index in [0.717, 1.165) is 24.4 Å². The molecule has 1 rings (SSSR count). The third-order valence-electron chi connectivity index (χ3n) is 2.30. The van der Waals surface area contributed by atoms with Gasteiger partial charge in [-0.2, -0.15) is 0 Å². The molecule has 0 heterocycles. The maximum atomic E-state index is 6.21. The van der Waals surface area contributed by atoms with E-state index < -0.39 is 16.6 Å². The minimum atomic E-state index is -1.56. The average Bonchev–Trinajstić information content (AvgIpc) is 2.43. The Morgan fingerprint density at radius 2 is 1.53 bits per heavy atom. The van der Waals surface area contributed by atoms with Gasteiger partial charge in [0.1, 0.15) is 11.5 Å². The molecule has 0 fully saturated rings. The molecule has 0 saturated carbocycles. The summed E-state index contributed by atoms with van der Waals surface area (Å²) in [6.07, 6.45) is 4.19. The molecule has 0 saturated heterocycles. The molecule has 17 heavy (non-hydrogen) atoms. The first-order valence-corrected chi connectivity index (χ1v) is 13.2. The van der Waals surface area contributed by atoms with Crippen LogP contribution in [0, 0.1) is 0 Å². The molecule has 98 valence electrons. The highest BCUT2D eigenvalue weighted by Crippen LogP contribution is 2.33. The van der Waals surface area contributed by atoms with Crippen LogP contribution in [-0.4, -0.2) is 16.6 Å². The Balaban J connectivity index is 2.93. The van der Waals surface area contributed by atoms with E-state index in [9.17, 15) is 0 Å². The molecule has 0 unspecified atom stereocenters. The van der Waals surface area contributed by atoms with Crippen LogP contribution in [0.3, 0.4) is 0 Å². The van der Waals surface area contributed by atoms with Crippen LogP contribution in [0.2, 0.25) is 39.3 Å². The normalized spacial score (nSPS) is 17.2. The number of hydrogen-bond acceptors (Lipinski definition) is 2. The van der Waals surface area contributed by atoms with Crippen molar-refractivity contribution in [2.45, 2.75) is 59.0 Å². The summed E-state index contributed by atoms with van der Waals surface area (Å²) in [7, 11) is -3.10. The lowest BCUT2D eigenvalue weighted by Gasteiger charge is -2.26. The van der Waals surface area contributed by atoms with Gasteiger partial charge in [0.05, 0.1) is 0 Å². The van der Waals surface area contributed by atoms with Gasteiger partial charge in [-0.15, -0.1) is 0 Å². The molecule has 0 aromatic carbocycles. The standard InChI is InChI=1S/C13H26O2Si2/c1-8-11-9-10-12(14-16(2,3)4)13(11)15-17(5,6)7/h9H,8,10H2,1-7H3. The average molecular weight is 271 g/mol. The van der Waals surface area contributed by atoms with E-state index in [1.165, 1.54) is 5.57 Å². The molecule has 0 radical (unpaired) electrons. The van der Waals surface area contributed by atoms with Crippen molar-refractivity contribution in [1.29, 1.82) is 0 Å². The minimum absolute atomic E-state index is 0.910. The Kier molecular flexibility index (Phi) is 4.30. The first-order chi connectivity index (χ1) is 7.62. The SMILES string of the molecule is CCC1=CCC(O[Si](C)(C)C)=C1O[Si](C)(C)C. The summed E-state index contributed by atoms with van der Waals surface area (Å²) >= 11 is 0. The van der Waals surface area contributed by atoms with Gasteiger partial charge in [0.25, 0.3) is 0 Å². The lowest BCUT2D eigenvalue weighted by Crippen LogP contribution is -2.28. The molecule has 0 atom stereocenters. The molecular formula is C13H26O2Si2. The third-order valence-corrected chi connectivity index (χ3v) is 3.97. The quantitative estimate of drug-likeness (QED) is 0.678. The predicted octanol–water partition coefficient (Wildman–Crippen LogP) is 4.64. The minimum Gasteiger partial charge on any atom is -0.544 e. The largest absolute Gasteiger partial charge is 0.544 e. The second-order valence-corrected chi connectivity index (χ2v) is 15.3. The van der Waals surface area contributed by atoms with Gasteiger partial charge in [-0.1, -0.05) is 13.0 Å².